The molecule has 0 saturated heterocycles. The monoisotopic (exact) mass is 427 g/mol. The molecule has 158 valence electrons. The topological polar surface area (TPSA) is 103 Å². The number of aromatic nitrogens is 1. The summed E-state index contributed by atoms with van der Waals surface area (Å²) in [5, 5.41) is 8.10. The van der Waals surface area contributed by atoms with Crippen LogP contribution in [0.15, 0.2) is 47.4 Å². The second-order valence-corrected chi connectivity index (χ2v) is 8.79. The van der Waals surface area contributed by atoms with Gasteiger partial charge < -0.3 is 14.6 Å². The van der Waals surface area contributed by atoms with E-state index in [-0.39, 0.29) is 10.8 Å². The van der Waals surface area contributed by atoms with E-state index < -0.39 is 10.0 Å². The molecular weight excluding hydrogens is 402 g/mol. The molecule has 0 fully saturated rings. The van der Waals surface area contributed by atoms with Gasteiger partial charge in [0.1, 0.15) is 5.75 Å². The zero-order valence-corrected chi connectivity index (χ0v) is 18.4. The van der Waals surface area contributed by atoms with Gasteiger partial charge in [0.25, 0.3) is 5.91 Å². The molecule has 8 heteroatoms. The number of nitrogens with one attached hydrogen (secondary N) is 1. The number of nitrogens with zero attached hydrogens (tertiary/aromatic N) is 1. The number of aryl methyl sites for hydroxylation is 2. The second-order valence-electron chi connectivity index (χ2n) is 7.23. The predicted molar refractivity (Wildman–Crippen MR) is 117 cm³/mol. The number of carbonyl (C=O) groups is 1. The van der Waals surface area contributed by atoms with Crippen LogP contribution in [0.3, 0.4) is 0 Å². The van der Waals surface area contributed by atoms with E-state index in [1.807, 2.05) is 49.6 Å². The first-order valence-electron chi connectivity index (χ1n) is 9.31. The molecule has 0 unspecified atom stereocenters. The number of primary sulfonamides is 1. The summed E-state index contributed by atoms with van der Waals surface area (Å²) in [6, 6.07) is 12.2. The molecule has 3 N–H and O–H groups in total. The summed E-state index contributed by atoms with van der Waals surface area (Å²) in [4.78, 5) is 13.0. The molecule has 0 bridgehead atoms. The largest absolute Gasteiger partial charge is 0.497 e. The van der Waals surface area contributed by atoms with Gasteiger partial charge in [0.2, 0.25) is 10.0 Å². The van der Waals surface area contributed by atoms with Crippen molar-refractivity contribution in [1.82, 2.24) is 4.57 Å². The molecule has 3 rings (SSSR count). The number of hydrogen-bond donors (Lipinski definition) is 2. The zero-order chi connectivity index (χ0) is 22.2. The van der Waals surface area contributed by atoms with Gasteiger partial charge in [0, 0.05) is 22.8 Å². The van der Waals surface area contributed by atoms with Crippen LogP contribution in [0.5, 0.6) is 5.75 Å². The van der Waals surface area contributed by atoms with E-state index in [4.69, 9.17) is 9.88 Å². The Balaban J connectivity index is 1.98. The van der Waals surface area contributed by atoms with Crippen molar-refractivity contribution in [3.8, 4) is 11.4 Å². The molecule has 0 atom stereocenters. The van der Waals surface area contributed by atoms with Crippen molar-refractivity contribution in [3.05, 3.63) is 70.5 Å². The Hall–Kier alpha value is -3.10. The summed E-state index contributed by atoms with van der Waals surface area (Å²) >= 11 is 0. The summed E-state index contributed by atoms with van der Waals surface area (Å²) in [5.41, 5.74) is 4.99. The van der Waals surface area contributed by atoms with Crippen LogP contribution in [0.1, 0.15) is 32.9 Å². The van der Waals surface area contributed by atoms with E-state index in [1.165, 1.54) is 12.1 Å². The van der Waals surface area contributed by atoms with E-state index in [0.717, 1.165) is 34.0 Å². The molecule has 1 heterocycles. The van der Waals surface area contributed by atoms with Crippen LogP contribution in [0.4, 0.5) is 5.69 Å². The van der Waals surface area contributed by atoms with E-state index in [1.54, 1.807) is 20.1 Å². The third-order valence-electron chi connectivity index (χ3n) is 5.22. The van der Waals surface area contributed by atoms with E-state index in [2.05, 4.69) is 5.32 Å². The Labute approximate surface area is 176 Å². The number of carbonyl (C=O) groups excluding carboxylic acids is 1. The molecule has 2 aromatic carbocycles. The minimum absolute atomic E-state index is 0.0374. The molecule has 3 aromatic rings. The van der Waals surface area contributed by atoms with Gasteiger partial charge in [-0.2, -0.15) is 0 Å². The lowest BCUT2D eigenvalue weighted by molar-refractivity contribution is 0.102. The Kier molecular flexibility index (Phi) is 5.74. The van der Waals surface area contributed by atoms with E-state index in [9.17, 15) is 13.2 Å². The first-order chi connectivity index (χ1) is 14.0. The Morgan fingerprint density at radius 1 is 1.03 bits per heavy atom. The van der Waals surface area contributed by atoms with Crippen molar-refractivity contribution in [3.63, 3.8) is 0 Å². The quantitative estimate of drug-likeness (QED) is 0.649. The van der Waals surface area contributed by atoms with Gasteiger partial charge in [-0.25, -0.2) is 13.6 Å². The van der Waals surface area contributed by atoms with Crippen molar-refractivity contribution < 1.29 is 17.9 Å². The first kappa shape index (κ1) is 21.6. The summed E-state index contributed by atoms with van der Waals surface area (Å²) in [6.07, 6.45) is 0. The van der Waals surface area contributed by atoms with Gasteiger partial charge in [0.15, 0.2) is 0 Å². The smallest absolute Gasteiger partial charge is 0.257 e. The molecule has 1 amide bonds. The highest BCUT2D eigenvalue weighted by molar-refractivity contribution is 7.89. The number of rotatable bonds is 5. The van der Waals surface area contributed by atoms with Crippen molar-refractivity contribution in [2.24, 2.45) is 5.14 Å². The molecule has 0 aliphatic heterocycles. The van der Waals surface area contributed by atoms with Crippen molar-refractivity contribution in [2.45, 2.75) is 32.6 Å². The molecular formula is C22H25N3O4S. The first-order valence-corrected chi connectivity index (χ1v) is 10.9. The standard InChI is InChI=1S/C22H25N3O4S/c1-13-10-19(30(23,27)28)12-21(15(13)3)24-22(26)20-11-14(2)25(16(20)4)17-6-8-18(29-5)9-7-17/h6-12H,1-5H3,(H,24,26)(H2,23,27,28). The highest BCUT2D eigenvalue weighted by Crippen LogP contribution is 2.26. The van der Waals surface area contributed by atoms with Crippen LogP contribution in [0.2, 0.25) is 0 Å². The van der Waals surface area contributed by atoms with Crippen molar-refractivity contribution in [2.75, 3.05) is 12.4 Å². The summed E-state index contributed by atoms with van der Waals surface area (Å²) < 4.78 is 30.7. The van der Waals surface area contributed by atoms with Gasteiger partial charge in [-0.1, -0.05) is 0 Å². The van der Waals surface area contributed by atoms with Gasteiger partial charge in [-0.15, -0.1) is 0 Å². The molecule has 0 aliphatic carbocycles. The van der Waals surface area contributed by atoms with Gasteiger partial charge in [0.05, 0.1) is 17.6 Å². The zero-order valence-electron chi connectivity index (χ0n) is 17.6. The van der Waals surface area contributed by atoms with Crippen LogP contribution in [0.25, 0.3) is 5.69 Å². The lowest BCUT2D eigenvalue weighted by atomic mass is 10.1. The molecule has 30 heavy (non-hydrogen) atoms. The maximum atomic E-state index is 13.0. The van der Waals surface area contributed by atoms with E-state index in [0.29, 0.717) is 11.3 Å². The molecule has 7 nitrogen and oxygen atoms in total. The van der Waals surface area contributed by atoms with Gasteiger partial charge in [-0.3, -0.25) is 4.79 Å². The number of amides is 1. The molecule has 1 aromatic heterocycles. The number of nitrogens with two attached hydrogens (primary N) is 1. The molecule has 0 radical (unpaired) electrons. The fourth-order valence-corrected chi connectivity index (χ4v) is 4.05. The number of hydrogen-bond acceptors (Lipinski definition) is 4. The van der Waals surface area contributed by atoms with Gasteiger partial charge in [-0.05, 0) is 81.3 Å². The summed E-state index contributed by atoms with van der Waals surface area (Å²) in [7, 11) is -2.27. The second kappa shape index (κ2) is 7.97. The van der Waals surface area contributed by atoms with Crippen LogP contribution < -0.4 is 15.2 Å². The number of benzene rings is 2. The Bertz CT molecular complexity index is 1230. The molecule has 0 aliphatic rings. The molecule has 0 saturated carbocycles. The SMILES string of the molecule is COc1ccc(-n2c(C)cc(C(=O)Nc3cc(S(N)(=O)=O)cc(C)c3C)c2C)cc1. The van der Waals surface area contributed by atoms with E-state index >= 15 is 0 Å². The molecule has 0 spiro atoms. The third-order valence-corrected chi connectivity index (χ3v) is 6.12. The predicted octanol–water partition coefficient (Wildman–Crippen LogP) is 3.62. The highest BCUT2D eigenvalue weighted by Gasteiger charge is 2.19. The van der Waals surface area contributed by atoms with Crippen LogP contribution in [0, 0.1) is 27.7 Å². The maximum absolute atomic E-state index is 13.0. The van der Waals surface area contributed by atoms with Gasteiger partial charge >= 0.3 is 0 Å². The normalized spacial score (nSPS) is 11.4. The Morgan fingerprint density at radius 3 is 2.23 bits per heavy atom. The van der Waals surface area contributed by atoms with Crippen LogP contribution in [-0.4, -0.2) is 26.0 Å². The average Bonchev–Trinajstić information content (AvgIpc) is 2.98. The van der Waals surface area contributed by atoms with Crippen LogP contribution >= 0.6 is 0 Å². The third kappa shape index (κ3) is 4.10. The number of methoxy groups -OCH3 is 1. The van der Waals surface area contributed by atoms with Crippen molar-refractivity contribution >= 4 is 21.6 Å². The fourth-order valence-electron chi connectivity index (χ4n) is 3.43. The lowest BCUT2D eigenvalue weighted by Crippen LogP contribution is -2.17. The minimum Gasteiger partial charge on any atom is -0.497 e. The highest BCUT2D eigenvalue weighted by atomic mass is 32.2. The number of ether oxygens (including phenoxy) is 1. The summed E-state index contributed by atoms with van der Waals surface area (Å²) in [5.74, 6) is 0.427. The number of anilines is 1. The fraction of sp³-hybridized carbons (Fsp3) is 0.227. The minimum atomic E-state index is -3.88. The Morgan fingerprint density at radius 2 is 1.67 bits per heavy atom. The lowest BCUT2D eigenvalue weighted by Gasteiger charge is -2.13. The van der Waals surface area contributed by atoms with Crippen LogP contribution in [-0.2, 0) is 10.0 Å². The maximum Gasteiger partial charge on any atom is 0.257 e. The average molecular weight is 428 g/mol. The summed E-state index contributed by atoms with van der Waals surface area (Å²) in [6.45, 7) is 7.38. The van der Waals surface area contributed by atoms with Crippen molar-refractivity contribution in [1.29, 1.82) is 0 Å². The number of sulfonamides is 1.